The number of ether oxygens (including phenoxy) is 2. The van der Waals surface area contributed by atoms with Crippen LogP contribution in [0.25, 0.3) is 0 Å². The molecule has 4 rings (SSSR count). The molecule has 29 heavy (non-hydrogen) atoms. The summed E-state index contributed by atoms with van der Waals surface area (Å²) in [6.45, 7) is 2.52. The molecule has 0 bridgehead atoms. The molecule has 1 N–H and O–H groups in total. The molecule has 2 aromatic heterocycles. The lowest BCUT2D eigenvalue weighted by Crippen LogP contribution is -2.36. The molecule has 0 atom stereocenters. The predicted octanol–water partition coefficient (Wildman–Crippen LogP) is 2.03. The average Bonchev–Trinajstić information content (AvgIpc) is 3.44. The normalized spacial score (nSPS) is 17.3. The van der Waals surface area contributed by atoms with Gasteiger partial charge in [-0.3, -0.25) is 4.79 Å². The number of nitrogens with one attached hydrogen (secondary N) is 1. The molecule has 0 spiro atoms. The van der Waals surface area contributed by atoms with E-state index in [0.717, 1.165) is 31.7 Å². The first-order valence-electron chi connectivity index (χ1n) is 10.00. The Hall–Kier alpha value is -2.94. The zero-order valence-electron chi connectivity index (χ0n) is 16.2. The highest BCUT2D eigenvalue weighted by Crippen LogP contribution is 2.31. The maximum absolute atomic E-state index is 12.2. The third kappa shape index (κ3) is 4.73. The monoisotopic (exact) mass is 399 g/mol. The highest BCUT2D eigenvalue weighted by atomic mass is 16.5. The molecule has 0 unspecified atom stereocenters. The summed E-state index contributed by atoms with van der Waals surface area (Å²) in [5, 5.41) is 7.09. The quantitative estimate of drug-likeness (QED) is 0.742. The molecule has 3 heterocycles. The van der Waals surface area contributed by atoms with E-state index in [2.05, 4.69) is 20.3 Å². The Labute approximate surface area is 169 Å². The Kier molecular flexibility index (Phi) is 6.04. The molecule has 1 saturated carbocycles. The number of carbonyl (C=O) groups excluding carboxylic acids is 2. The Morgan fingerprint density at radius 3 is 2.69 bits per heavy atom. The first kappa shape index (κ1) is 19.4. The van der Waals surface area contributed by atoms with E-state index in [1.54, 1.807) is 24.4 Å². The zero-order valence-corrected chi connectivity index (χ0v) is 16.2. The summed E-state index contributed by atoms with van der Waals surface area (Å²) in [4.78, 5) is 30.9. The van der Waals surface area contributed by atoms with Gasteiger partial charge in [0, 0.05) is 25.4 Å². The molecule has 1 aliphatic carbocycles. The van der Waals surface area contributed by atoms with Crippen LogP contribution < -0.4 is 10.2 Å². The number of hydrogen-bond acceptors (Lipinski definition) is 7. The largest absolute Gasteiger partial charge is 0.452 e. The van der Waals surface area contributed by atoms with Crippen LogP contribution in [0.2, 0.25) is 0 Å². The summed E-state index contributed by atoms with van der Waals surface area (Å²) < 4.78 is 12.3. The van der Waals surface area contributed by atoms with E-state index in [9.17, 15) is 9.59 Å². The number of pyridine rings is 1. The number of aromatic nitrogens is 3. The van der Waals surface area contributed by atoms with Crippen molar-refractivity contribution in [1.29, 1.82) is 0 Å². The van der Waals surface area contributed by atoms with Crippen molar-refractivity contribution in [1.82, 2.24) is 14.8 Å². The lowest BCUT2D eigenvalue weighted by molar-refractivity contribution is -0.119. The zero-order chi connectivity index (χ0) is 20.1. The van der Waals surface area contributed by atoms with Crippen molar-refractivity contribution in [3.63, 3.8) is 0 Å². The third-order valence-corrected chi connectivity index (χ3v) is 5.26. The van der Waals surface area contributed by atoms with Crippen LogP contribution >= 0.6 is 0 Å². The van der Waals surface area contributed by atoms with Gasteiger partial charge < -0.3 is 19.7 Å². The minimum atomic E-state index is -0.578. The SMILES string of the molecule is O=C(COC(=O)c1ccc(N2CCOCC2)nc1)Nc1ccnn1C1CCCC1. The van der Waals surface area contributed by atoms with Crippen LogP contribution in [0.15, 0.2) is 30.6 Å². The number of morpholine rings is 1. The van der Waals surface area contributed by atoms with Gasteiger partial charge in [-0.15, -0.1) is 0 Å². The molecule has 2 aliphatic rings. The van der Waals surface area contributed by atoms with Gasteiger partial charge in [0.05, 0.1) is 31.0 Å². The molecule has 1 aliphatic heterocycles. The van der Waals surface area contributed by atoms with Crippen molar-refractivity contribution >= 4 is 23.5 Å². The molecular formula is C20H25N5O4. The maximum Gasteiger partial charge on any atom is 0.340 e. The summed E-state index contributed by atoms with van der Waals surface area (Å²) in [5.74, 6) is 0.457. The Morgan fingerprint density at radius 1 is 1.17 bits per heavy atom. The molecule has 9 heteroatoms. The first-order chi connectivity index (χ1) is 14.2. The summed E-state index contributed by atoms with van der Waals surface area (Å²) in [7, 11) is 0. The third-order valence-electron chi connectivity index (χ3n) is 5.26. The molecule has 1 saturated heterocycles. The van der Waals surface area contributed by atoms with Gasteiger partial charge in [0.15, 0.2) is 6.61 Å². The molecule has 2 fully saturated rings. The Bertz CT molecular complexity index is 839. The van der Waals surface area contributed by atoms with Gasteiger partial charge in [-0.05, 0) is 25.0 Å². The fourth-order valence-electron chi connectivity index (χ4n) is 3.73. The van der Waals surface area contributed by atoms with Crippen molar-refractivity contribution in [3.8, 4) is 0 Å². The van der Waals surface area contributed by atoms with Crippen molar-refractivity contribution in [2.75, 3.05) is 43.1 Å². The fourth-order valence-corrected chi connectivity index (χ4v) is 3.73. The Morgan fingerprint density at radius 2 is 1.97 bits per heavy atom. The van der Waals surface area contributed by atoms with Gasteiger partial charge in [-0.1, -0.05) is 12.8 Å². The van der Waals surface area contributed by atoms with Crippen molar-refractivity contribution < 1.29 is 19.1 Å². The van der Waals surface area contributed by atoms with Gasteiger partial charge in [-0.25, -0.2) is 14.5 Å². The van der Waals surface area contributed by atoms with Gasteiger partial charge in [0.25, 0.3) is 5.91 Å². The molecule has 2 aromatic rings. The molecule has 154 valence electrons. The second-order valence-corrected chi connectivity index (χ2v) is 7.23. The van der Waals surface area contributed by atoms with Crippen LogP contribution in [0.1, 0.15) is 42.1 Å². The topological polar surface area (TPSA) is 98.6 Å². The molecular weight excluding hydrogens is 374 g/mol. The van der Waals surface area contributed by atoms with Gasteiger partial charge >= 0.3 is 5.97 Å². The minimum absolute atomic E-state index is 0.311. The van der Waals surface area contributed by atoms with E-state index in [1.165, 1.54) is 19.0 Å². The number of carbonyl (C=O) groups is 2. The van der Waals surface area contributed by atoms with Crippen LogP contribution in [-0.2, 0) is 14.3 Å². The number of rotatable bonds is 6. The molecule has 9 nitrogen and oxygen atoms in total. The van der Waals surface area contributed by atoms with Crippen molar-refractivity contribution in [2.24, 2.45) is 0 Å². The number of hydrogen-bond donors (Lipinski definition) is 1. The second-order valence-electron chi connectivity index (χ2n) is 7.23. The average molecular weight is 399 g/mol. The smallest absolute Gasteiger partial charge is 0.340 e. The number of anilines is 2. The van der Waals surface area contributed by atoms with Crippen LogP contribution in [-0.4, -0.2) is 59.6 Å². The van der Waals surface area contributed by atoms with Crippen molar-refractivity contribution in [3.05, 3.63) is 36.2 Å². The summed E-state index contributed by atoms with van der Waals surface area (Å²) in [5.41, 5.74) is 0.311. The van der Waals surface area contributed by atoms with Crippen LogP contribution in [0.3, 0.4) is 0 Å². The van der Waals surface area contributed by atoms with E-state index >= 15 is 0 Å². The van der Waals surface area contributed by atoms with Gasteiger partial charge in [-0.2, -0.15) is 5.10 Å². The van der Waals surface area contributed by atoms with E-state index in [0.29, 0.717) is 30.6 Å². The highest BCUT2D eigenvalue weighted by Gasteiger charge is 2.21. The van der Waals surface area contributed by atoms with E-state index < -0.39 is 11.9 Å². The maximum atomic E-state index is 12.2. The summed E-state index contributed by atoms with van der Waals surface area (Å²) in [6.07, 6.45) is 7.61. The van der Waals surface area contributed by atoms with Crippen molar-refractivity contribution in [2.45, 2.75) is 31.7 Å². The van der Waals surface area contributed by atoms with Gasteiger partial charge in [0.1, 0.15) is 11.6 Å². The van der Waals surface area contributed by atoms with Crippen LogP contribution in [0.4, 0.5) is 11.6 Å². The minimum Gasteiger partial charge on any atom is -0.452 e. The lowest BCUT2D eigenvalue weighted by Gasteiger charge is -2.27. The van der Waals surface area contributed by atoms with Crippen LogP contribution in [0, 0.1) is 0 Å². The number of amides is 1. The van der Waals surface area contributed by atoms with E-state index in [-0.39, 0.29) is 6.61 Å². The standard InChI is InChI=1S/C20H25N5O4/c26-19(23-18-7-8-22-25(18)16-3-1-2-4-16)14-29-20(27)15-5-6-17(21-13-15)24-9-11-28-12-10-24/h5-8,13,16H,1-4,9-12,14H2,(H,23,26). The second kappa shape index (κ2) is 9.04. The Balaban J connectivity index is 1.28. The molecule has 0 aromatic carbocycles. The lowest BCUT2D eigenvalue weighted by atomic mass is 10.2. The highest BCUT2D eigenvalue weighted by molar-refractivity contribution is 5.95. The predicted molar refractivity (Wildman–Crippen MR) is 106 cm³/mol. The number of esters is 1. The van der Waals surface area contributed by atoms with Gasteiger partial charge in [0.2, 0.25) is 0 Å². The number of nitrogens with zero attached hydrogens (tertiary/aromatic N) is 4. The molecule has 1 amide bonds. The van der Waals surface area contributed by atoms with E-state index in [1.807, 2.05) is 4.68 Å². The first-order valence-corrected chi connectivity index (χ1v) is 10.00. The summed E-state index contributed by atoms with van der Waals surface area (Å²) >= 11 is 0. The fraction of sp³-hybridized carbons (Fsp3) is 0.500. The summed E-state index contributed by atoms with van der Waals surface area (Å²) in [6, 6.07) is 5.51. The van der Waals surface area contributed by atoms with Crippen LogP contribution in [0.5, 0.6) is 0 Å². The van der Waals surface area contributed by atoms with E-state index in [4.69, 9.17) is 9.47 Å². The molecule has 0 radical (unpaired) electrons.